The molecule has 0 radical (unpaired) electrons. The van der Waals surface area contributed by atoms with Gasteiger partial charge in [0, 0.05) is 11.8 Å². The highest BCUT2D eigenvalue weighted by Crippen LogP contribution is 2.25. The molecule has 0 aromatic heterocycles. The highest BCUT2D eigenvalue weighted by atomic mass is 16.5. The number of esters is 1. The third-order valence-electron chi connectivity index (χ3n) is 2.43. The molecule has 2 heteroatoms. The Morgan fingerprint density at radius 1 is 1.12 bits per heavy atom. The Labute approximate surface area is 94.8 Å². The van der Waals surface area contributed by atoms with E-state index < -0.39 is 0 Å². The molecule has 2 nitrogen and oxygen atoms in total. The molecule has 0 atom stereocenters. The van der Waals surface area contributed by atoms with E-state index in [0.717, 1.165) is 17.2 Å². The summed E-state index contributed by atoms with van der Waals surface area (Å²) in [5, 5.41) is 2.07. The average molecular weight is 214 g/mol. The lowest BCUT2D eigenvalue weighted by molar-refractivity contribution is -0.134. The first-order chi connectivity index (χ1) is 7.81. The molecule has 0 bridgehead atoms. The zero-order valence-corrected chi connectivity index (χ0v) is 9.27. The summed E-state index contributed by atoms with van der Waals surface area (Å²) in [6.45, 7) is 1.96. The first-order valence-corrected chi connectivity index (χ1v) is 5.49. The third kappa shape index (κ3) is 2.22. The predicted octanol–water partition coefficient (Wildman–Crippen LogP) is 3.55. The van der Waals surface area contributed by atoms with Crippen LogP contribution in [0, 0.1) is 0 Å². The van der Waals surface area contributed by atoms with E-state index in [2.05, 4.69) is 0 Å². The summed E-state index contributed by atoms with van der Waals surface area (Å²) in [6, 6.07) is 13.6. The number of fused-ring (bicyclic) bond motifs is 1. The van der Waals surface area contributed by atoms with Crippen molar-refractivity contribution < 1.29 is 9.53 Å². The number of carbonyl (C=O) groups is 1. The predicted molar refractivity (Wildman–Crippen MR) is 64.5 cm³/mol. The molecule has 82 valence electrons. The zero-order chi connectivity index (χ0) is 11.4. The molecule has 2 aromatic carbocycles. The number of benzene rings is 2. The minimum absolute atomic E-state index is 0.168. The summed E-state index contributed by atoms with van der Waals surface area (Å²) in [7, 11) is 0. The van der Waals surface area contributed by atoms with Gasteiger partial charge in [-0.15, -0.1) is 0 Å². The second-order valence-corrected chi connectivity index (χ2v) is 3.70. The third-order valence-corrected chi connectivity index (χ3v) is 2.43. The van der Waals surface area contributed by atoms with Gasteiger partial charge in [-0.2, -0.15) is 0 Å². The fraction of sp³-hybridized carbons (Fsp3) is 0.214. The number of ether oxygens (including phenoxy) is 1. The molecule has 0 N–H and O–H groups in total. The monoisotopic (exact) mass is 214 g/mol. The Morgan fingerprint density at radius 2 is 1.88 bits per heavy atom. The smallest absolute Gasteiger partial charge is 0.311 e. The molecule has 0 saturated carbocycles. The maximum absolute atomic E-state index is 11.4. The summed E-state index contributed by atoms with van der Waals surface area (Å²) in [5.41, 5.74) is 0. The van der Waals surface area contributed by atoms with Crippen LogP contribution >= 0.6 is 0 Å². The molecule has 16 heavy (non-hydrogen) atoms. The summed E-state index contributed by atoms with van der Waals surface area (Å²) in [4.78, 5) is 11.4. The normalized spacial score (nSPS) is 10.3. The van der Waals surface area contributed by atoms with Crippen molar-refractivity contribution in [2.45, 2.75) is 19.8 Å². The topological polar surface area (TPSA) is 26.3 Å². The highest BCUT2D eigenvalue weighted by Gasteiger charge is 2.06. The molecule has 0 aliphatic rings. The SMILES string of the molecule is CCCC(=O)Oc1cccc2ccccc12. The molecular weight excluding hydrogens is 200 g/mol. The lowest BCUT2D eigenvalue weighted by Gasteiger charge is -2.06. The highest BCUT2D eigenvalue weighted by molar-refractivity contribution is 5.90. The number of carbonyl (C=O) groups excluding carboxylic acids is 1. The minimum Gasteiger partial charge on any atom is -0.426 e. The molecule has 0 unspecified atom stereocenters. The molecular formula is C14H14O2. The largest absolute Gasteiger partial charge is 0.426 e. The van der Waals surface area contributed by atoms with Crippen LogP contribution in [0.25, 0.3) is 10.8 Å². The van der Waals surface area contributed by atoms with Crippen LogP contribution < -0.4 is 4.74 Å². The van der Waals surface area contributed by atoms with Gasteiger partial charge in [0.15, 0.2) is 0 Å². The first kappa shape index (κ1) is 10.7. The lowest BCUT2D eigenvalue weighted by Crippen LogP contribution is -2.06. The van der Waals surface area contributed by atoms with E-state index in [-0.39, 0.29) is 5.97 Å². The Bertz CT molecular complexity index is 498. The fourth-order valence-electron chi connectivity index (χ4n) is 1.66. The van der Waals surface area contributed by atoms with Crippen LogP contribution in [0.2, 0.25) is 0 Å². The Kier molecular flexibility index (Phi) is 3.20. The lowest BCUT2D eigenvalue weighted by atomic mass is 10.1. The second kappa shape index (κ2) is 4.79. The van der Waals surface area contributed by atoms with E-state index in [0.29, 0.717) is 12.2 Å². The van der Waals surface area contributed by atoms with Gasteiger partial charge in [0.25, 0.3) is 0 Å². The Balaban J connectivity index is 2.33. The van der Waals surface area contributed by atoms with Crippen molar-refractivity contribution >= 4 is 16.7 Å². The average Bonchev–Trinajstić information content (AvgIpc) is 2.30. The van der Waals surface area contributed by atoms with Gasteiger partial charge < -0.3 is 4.74 Å². The van der Waals surface area contributed by atoms with Crippen molar-refractivity contribution in [3.8, 4) is 5.75 Å². The van der Waals surface area contributed by atoms with Crippen molar-refractivity contribution in [2.75, 3.05) is 0 Å². The van der Waals surface area contributed by atoms with Crippen molar-refractivity contribution in [1.29, 1.82) is 0 Å². The molecule has 2 rings (SSSR count). The van der Waals surface area contributed by atoms with Crippen LogP contribution in [0.4, 0.5) is 0 Å². The first-order valence-electron chi connectivity index (χ1n) is 5.49. The summed E-state index contributed by atoms with van der Waals surface area (Å²) >= 11 is 0. The van der Waals surface area contributed by atoms with Crippen molar-refractivity contribution in [1.82, 2.24) is 0 Å². The number of hydrogen-bond acceptors (Lipinski definition) is 2. The molecule has 0 aliphatic heterocycles. The molecule has 0 spiro atoms. The van der Waals surface area contributed by atoms with Gasteiger partial charge in [-0.3, -0.25) is 4.79 Å². The van der Waals surface area contributed by atoms with E-state index in [1.807, 2.05) is 49.4 Å². The van der Waals surface area contributed by atoms with Crippen molar-refractivity contribution in [3.05, 3.63) is 42.5 Å². The number of hydrogen-bond donors (Lipinski definition) is 0. The summed E-state index contributed by atoms with van der Waals surface area (Å²) < 4.78 is 5.33. The number of rotatable bonds is 3. The molecule has 2 aromatic rings. The maximum Gasteiger partial charge on any atom is 0.311 e. The van der Waals surface area contributed by atoms with Crippen LogP contribution in [0.15, 0.2) is 42.5 Å². The van der Waals surface area contributed by atoms with E-state index >= 15 is 0 Å². The summed E-state index contributed by atoms with van der Waals surface area (Å²) in [5.74, 6) is 0.482. The van der Waals surface area contributed by atoms with E-state index in [1.165, 1.54) is 0 Å². The van der Waals surface area contributed by atoms with Crippen molar-refractivity contribution in [2.24, 2.45) is 0 Å². The Morgan fingerprint density at radius 3 is 2.69 bits per heavy atom. The van der Waals surface area contributed by atoms with E-state index in [4.69, 9.17) is 4.74 Å². The van der Waals surface area contributed by atoms with Gasteiger partial charge in [0.2, 0.25) is 0 Å². The molecule has 0 amide bonds. The molecule has 0 fully saturated rings. The van der Waals surface area contributed by atoms with Crippen LogP contribution in [-0.4, -0.2) is 5.97 Å². The van der Waals surface area contributed by atoms with Gasteiger partial charge in [-0.05, 0) is 17.9 Å². The van der Waals surface area contributed by atoms with E-state index in [1.54, 1.807) is 0 Å². The van der Waals surface area contributed by atoms with Crippen LogP contribution in [0.3, 0.4) is 0 Å². The zero-order valence-electron chi connectivity index (χ0n) is 9.27. The summed E-state index contributed by atoms with van der Waals surface area (Å²) in [6.07, 6.45) is 1.27. The quantitative estimate of drug-likeness (QED) is 0.577. The maximum atomic E-state index is 11.4. The van der Waals surface area contributed by atoms with Crippen LogP contribution in [0.1, 0.15) is 19.8 Å². The van der Waals surface area contributed by atoms with Gasteiger partial charge in [0.05, 0.1) is 0 Å². The molecule has 0 aliphatic carbocycles. The van der Waals surface area contributed by atoms with Gasteiger partial charge in [-0.1, -0.05) is 43.3 Å². The molecule has 0 heterocycles. The molecule has 0 saturated heterocycles. The Hall–Kier alpha value is -1.83. The van der Waals surface area contributed by atoms with Crippen molar-refractivity contribution in [3.63, 3.8) is 0 Å². The van der Waals surface area contributed by atoms with Crippen LogP contribution in [-0.2, 0) is 4.79 Å². The van der Waals surface area contributed by atoms with Gasteiger partial charge in [-0.25, -0.2) is 0 Å². The minimum atomic E-state index is -0.168. The second-order valence-electron chi connectivity index (χ2n) is 3.70. The van der Waals surface area contributed by atoms with Gasteiger partial charge in [0.1, 0.15) is 5.75 Å². The fourth-order valence-corrected chi connectivity index (χ4v) is 1.66. The van der Waals surface area contributed by atoms with E-state index in [9.17, 15) is 4.79 Å². The van der Waals surface area contributed by atoms with Crippen LogP contribution in [0.5, 0.6) is 5.75 Å². The standard InChI is InChI=1S/C14H14O2/c1-2-6-14(15)16-13-10-5-8-11-7-3-4-9-12(11)13/h3-5,7-10H,2,6H2,1H3. The van der Waals surface area contributed by atoms with Gasteiger partial charge >= 0.3 is 5.97 Å².